The second kappa shape index (κ2) is 7.14. The molecule has 0 radical (unpaired) electrons. The summed E-state index contributed by atoms with van der Waals surface area (Å²) in [6.07, 6.45) is 2.88. The number of benzene rings is 1. The van der Waals surface area contributed by atoms with E-state index in [0.717, 1.165) is 38.9 Å². The minimum Gasteiger partial charge on any atom is -0.408 e. The Morgan fingerprint density at radius 1 is 1.38 bits per heavy atom. The SMILES string of the molecule is O=c1oc2ccc([N+](=O)[O-])cc2n1CCCN1CCCC(CO)C1. The van der Waals surface area contributed by atoms with Crippen LogP contribution in [-0.2, 0) is 6.54 Å². The average molecular weight is 335 g/mol. The molecule has 1 aromatic heterocycles. The summed E-state index contributed by atoms with van der Waals surface area (Å²) in [5.74, 6) is -0.156. The van der Waals surface area contributed by atoms with Crippen LogP contribution in [0.5, 0.6) is 0 Å². The number of likely N-dealkylation sites (tertiary alicyclic amines) is 1. The first-order valence-electron chi connectivity index (χ1n) is 8.19. The van der Waals surface area contributed by atoms with Crippen LogP contribution in [0.2, 0.25) is 0 Å². The number of hydrogen-bond acceptors (Lipinski definition) is 6. The first-order valence-corrected chi connectivity index (χ1v) is 8.19. The Hall–Kier alpha value is -2.19. The van der Waals surface area contributed by atoms with E-state index >= 15 is 0 Å². The molecule has 3 rings (SSSR count). The normalized spacial score (nSPS) is 19.0. The number of nitrogens with zero attached hydrogens (tertiary/aromatic N) is 3. The molecule has 0 bridgehead atoms. The Balaban J connectivity index is 1.68. The Labute approximate surface area is 138 Å². The highest BCUT2D eigenvalue weighted by Gasteiger charge is 2.19. The summed E-state index contributed by atoms with van der Waals surface area (Å²) >= 11 is 0. The van der Waals surface area contributed by atoms with Crippen LogP contribution < -0.4 is 5.76 Å². The van der Waals surface area contributed by atoms with Gasteiger partial charge in [0.05, 0.1) is 10.4 Å². The predicted molar refractivity (Wildman–Crippen MR) is 88.0 cm³/mol. The van der Waals surface area contributed by atoms with E-state index in [1.165, 1.54) is 22.8 Å². The third-order valence-corrected chi connectivity index (χ3v) is 4.58. The van der Waals surface area contributed by atoms with Crippen molar-refractivity contribution in [2.24, 2.45) is 5.92 Å². The van der Waals surface area contributed by atoms with Gasteiger partial charge in [-0.2, -0.15) is 0 Å². The molecule has 130 valence electrons. The lowest BCUT2D eigenvalue weighted by molar-refractivity contribution is -0.384. The lowest BCUT2D eigenvalue weighted by Gasteiger charge is -2.31. The van der Waals surface area contributed by atoms with Gasteiger partial charge >= 0.3 is 5.76 Å². The van der Waals surface area contributed by atoms with Gasteiger partial charge in [-0.1, -0.05) is 0 Å². The van der Waals surface area contributed by atoms with Crippen LogP contribution in [0, 0.1) is 16.0 Å². The zero-order chi connectivity index (χ0) is 17.1. The maximum absolute atomic E-state index is 12.0. The number of piperidine rings is 1. The number of aliphatic hydroxyl groups excluding tert-OH is 1. The van der Waals surface area contributed by atoms with Gasteiger partial charge in [0.15, 0.2) is 5.58 Å². The number of nitro benzene ring substituents is 1. The molecule has 1 saturated heterocycles. The molecule has 1 atom stereocenters. The summed E-state index contributed by atoms with van der Waals surface area (Å²) in [6, 6.07) is 4.17. The highest BCUT2D eigenvalue weighted by Crippen LogP contribution is 2.21. The van der Waals surface area contributed by atoms with Crippen molar-refractivity contribution in [2.45, 2.75) is 25.8 Å². The zero-order valence-electron chi connectivity index (χ0n) is 13.4. The number of aliphatic hydroxyl groups is 1. The van der Waals surface area contributed by atoms with Crippen molar-refractivity contribution in [2.75, 3.05) is 26.2 Å². The second-order valence-electron chi connectivity index (χ2n) is 6.27. The van der Waals surface area contributed by atoms with Crippen molar-refractivity contribution in [1.29, 1.82) is 0 Å². The van der Waals surface area contributed by atoms with Crippen molar-refractivity contribution in [3.8, 4) is 0 Å². The van der Waals surface area contributed by atoms with Crippen molar-refractivity contribution in [1.82, 2.24) is 9.47 Å². The van der Waals surface area contributed by atoms with Gasteiger partial charge in [0.1, 0.15) is 0 Å². The van der Waals surface area contributed by atoms with E-state index in [1.807, 2.05) is 0 Å². The van der Waals surface area contributed by atoms with Gasteiger partial charge in [-0.15, -0.1) is 0 Å². The van der Waals surface area contributed by atoms with Gasteiger partial charge in [0.25, 0.3) is 5.69 Å². The fraction of sp³-hybridized carbons (Fsp3) is 0.562. The molecule has 0 spiro atoms. The third kappa shape index (κ3) is 3.49. The Kier molecular flexibility index (Phi) is 4.96. The number of aryl methyl sites for hydroxylation is 1. The Morgan fingerprint density at radius 3 is 2.96 bits per heavy atom. The molecule has 1 aliphatic heterocycles. The van der Waals surface area contributed by atoms with E-state index in [0.29, 0.717) is 23.6 Å². The summed E-state index contributed by atoms with van der Waals surface area (Å²) in [4.78, 5) is 24.7. The molecule has 1 unspecified atom stereocenters. The minimum atomic E-state index is -0.489. The topological polar surface area (TPSA) is 102 Å². The predicted octanol–water partition coefficient (Wildman–Crippen LogP) is 1.60. The largest absolute Gasteiger partial charge is 0.419 e. The number of non-ortho nitro benzene ring substituents is 1. The van der Waals surface area contributed by atoms with Crippen LogP contribution in [0.4, 0.5) is 5.69 Å². The van der Waals surface area contributed by atoms with Gasteiger partial charge in [0.2, 0.25) is 0 Å². The summed E-state index contributed by atoms with van der Waals surface area (Å²) in [7, 11) is 0. The van der Waals surface area contributed by atoms with Gasteiger partial charge in [-0.05, 0) is 44.3 Å². The smallest absolute Gasteiger partial charge is 0.408 e. The lowest BCUT2D eigenvalue weighted by Crippen LogP contribution is -2.37. The standard InChI is InChI=1S/C16H21N3O5/c20-11-12-3-1-6-17(10-12)7-2-8-18-14-9-13(19(22)23)4-5-15(14)24-16(18)21/h4-5,9,12,20H,1-3,6-8,10-11H2. The molecule has 2 heterocycles. The zero-order valence-corrected chi connectivity index (χ0v) is 13.4. The molecule has 8 nitrogen and oxygen atoms in total. The van der Waals surface area contributed by atoms with Crippen molar-refractivity contribution in [3.63, 3.8) is 0 Å². The first-order chi connectivity index (χ1) is 11.6. The minimum absolute atomic E-state index is 0.0566. The van der Waals surface area contributed by atoms with Gasteiger partial charge in [-0.3, -0.25) is 14.7 Å². The number of aromatic nitrogens is 1. The van der Waals surface area contributed by atoms with Crippen LogP contribution >= 0.6 is 0 Å². The summed E-state index contributed by atoms with van der Waals surface area (Å²) < 4.78 is 6.60. The van der Waals surface area contributed by atoms with Crippen molar-refractivity contribution in [3.05, 3.63) is 38.9 Å². The highest BCUT2D eigenvalue weighted by atomic mass is 16.6. The fourth-order valence-corrected chi connectivity index (χ4v) is 3.33. The van der Waals surface area contributed by atoms with Crippen molar-refractivity contribution < 1.29 is 14.4 Å². The number of nitro groups is 1. The van der Waals surface area contributed by atoms with E-state index in [1.54, 1.807) is 0 Å². The third-order valence-electron chi connectivity index (χ3n) is 4.58. The molecular weight excluding hydrogens is 314 g/mol. The summed E-state index contributed by atoms with van der Waals surface area (Å²) in [5, 5.41) is 20.2. The Bertz CT molecular complexity index is 782. The fourth-order valence-electron chi connectivity index (χ4n) is 3.33. The van der Waals surface area contributed by atoms with E-state index in [-0.39, 0.29) is 12.3 Å². The van der Waals surface area contributed by atoms with E-state index in [2.05, 4.69) is 4.90 Å². The van der Waals surface area contributed by atoms with Crippen LogP contribution in [-0.4, -0.2) is 45.7 Å². The number of fused-ring (bicyclic) bond motifs is 1. The second-order valence-corrected chi connectivity index (χ2v) is 6.27. The monoisotopic (exact) mass is 335 g/mol. The van der Waals surface area contributed by atoms with Crippen LogP contribution in [0.15, 0.2) is 27.4 Å². The Morgan fingerprint density at radius 2 is 2.21 bits per heavy atom. The molecule has 1 fully saturated rings. The van der Waals surface area contributed by atoms with Gasteiger partial charge < -0.3 is 14.4 Å². The molecule has 1 aliphatic rings. The maximum atomic E-state index is 12.0. The number of oxazole rings is 1. The van der Waals surface area contributed by atoms with E-state index in [4.69, 9.17) is 4.42 Å². The average Bonchev–Trinajstić information content (AvgIpc) is 2.90. The lowest BCUT2D eigenvalue weighted by atomic mass is 9.99. The summed E-state index contributed by atoms with van der Waals surface area (Å²) in [6.45, 7) is 3.37. The molecule has 2 aromatic rings. The molecule has 24 heavy (non-hydrogen) atoms. The van der Waals surface area contributed by atoms with Crippen LogP contribution in [0.3, 0.4) is 0 Å². The maximum Gasteiger partial charge on any atom is 0.419 e. The van der Waals surface area contributed by atoms with E-state index in [9.17, 15) is 20.0 Å². The number of rotatable bonds is 6. The molecule has 0 saturated carbocycles. The van der Waals surface area contributed by atoms with Gasteiger partial charge in [0, 0.05) is 31.8 Å². The van der Waals surface area contributed by atoms with Crippen LogP contribution in [0.25, 0.3) is 11.1 Å². The highest BCUT2D eigenvalue weighted by molar-refractivity contribution is 5.75. The van der Waals surface area contributed by atoms with Gasteiger partial charge in [-0.25, -0.2) is 4.79 Å². The molecule has 1 aromatic carbocycles. The quantitative estimate of drug-likeness (QED) is 0.635. The first kappa shape index (κ1) is 16.7. The molecule has 1 N–H and O–H groups in total. The summed E-state index contributed by atoms with van der Waals surface area (Å²) in [5.41, 5.74) is 0.767. The number of hydrogen-bond donors (Lipinski definition) is 1. The molecule has 8 heteroatoms. The van der Waals surface area contributed by atoms with E-state index < -0.39 is 10.7 Å². The van der Waals surface area contributed by atoms with Crippen LogP contribution in [0.1, 0.15) is 19.3 Å². The molecular formula is C16H21N3O5. The molecule has 0 aliphatic carbocycles. The van der Waals surface area contributed by atoms with Crippen molar-refractivity contribution >= 4 is 16.8 Å². The molecule has 0 amide bonds.